The summed E-state index contributed by atoms with van der Waals surface area (Å²) < 4.78 is 29.2. The van der Waals surface area contributed by atoms with E-state index >= 15 is 0 Å². The van der Waals surface area contributed by atoms with Gasteiger partial charge in [0.2, 0.25) is 6.43 Å². The average Bonchev–Trinajstić information content (AvgIpc) is 2.39. The molecule has 21 heavy (non-hydrogen) atoms. The van der Waals surface area contributed by atoms with Crippen LogP contribution in [-0.4, -0.2) is 29.5 Å². The van der Waals surface area contributed by atoms with Crippen LogP contribution in [0.5, 0.6) is 0 Å². The summed E-state index contributed by atoms with van der Waals surface area (Å²) in [7, 11) is 0. The number of halogens is 2. The van der Waals surface area contributed by atoms with Crippen molar-refractivity contribution in [3.05, 3.63) is 0 Å². The van der Waals surface area contributed by atoms with E-state index in [0.29, 0.717) is 6.42 Å². The lowest BCUT2D eigenvalue weighted by molar-refractivity contribution is -0.146. The summed E-state index contributed by atoms with van der Waals surface area (Å²) >= 11 is 1.65. The van der Waals surface area contributed by atoms with Gasteiger partial charge in [0.1, 0.15) is 5.25 Å². The van der Waals surface area contributed by atoms with Gasteiger partial charge in [-0.05, 0) is 38.9 Å². The molecule has 0 N–H and O–H groups in total. The van der Waals surface area contributed by atoms with Gasteiger partial charge in [0.05, 0.1) is 6.10 Å². The number of ether oxygens (including phenoxy) is 1. The topological polar surface area (TPSA) is 26.3 Å². The molecule has 2 nitrogen and oxygen atoms in total. The summed E-state index contributed by atoms with van der Waals surface area (Å²) in [4.78, 5) is 12.0. The maximum absolute atomic E-state index is 12.0. The lowest BCUT2D eigenvalue weighted by Crippen LogP contribution is -2.23. The van der Waals surface area contributed by atoms with Crippen molar-refractivity contribution in [2.45, 2.75) is 89.9 Å². The second-order valence-electron chi connectivity index (χ2n) is 5.58. The molecule has 0 amide bonds. The van der Waals surface area contributed by atoms with Crippen molar-refractivity contribution in [3.8, 4) is 0 Å². The highest BCUT2D eigenvalue weighted by molar-refractivity contribution is 8.00. The molecule has 0 bridgehead atoms. The molecular formula is C16H30F2O2S. The van der Waals surface area contributed by atoms with Crippen molar-refractivity contribution >= 4 is 17.7 Å². The van der Waals surface area contributed by atoms with Crippen LogP contribution in [0.2, 0.25) is 0 Å². The van der Waals surface area contributed by atoms with Crippen molar-refractivity contribution in [2.24, 2.45) is 0 Å². The van der Waals surface area contributed by atoms with Gasteiger partial charge in [-0.25, -0.2) is 8.78 Å². The summed E-state index contributed by atoms with van der Waals surface area (Å²) in [5.41, 5.74) is 0. The van der Waals surface area contributed by atoms with Crippen molar-refractivity contribution < 1.29 is 18.3 Å². The van der Waals surface area contributed by atoms with Crippen molar-refractivity contribution in [1.82, 2.24) is 0 Å². The third-order valence-electron chi connectivity index (χ3n) is 3.07. The zero-order valence-electron chi connectivity index (χ0n) is 13.6. The Hall–Kier alpha value is -0.320. The number of esters is 1. The van der Waals surface area contributed by atoms with E-state index < -0.39 is 6.43 Å². The number of hydrogen-bond donors (Lipinski definition) is 0. The van der Waals surface area contributed by atoms with Crippen molar-refractivity contribution in [2.75, 3.05) is 5.75 Å². The molecule has 0 spiro atoms. The summed E-state index contributed by atoms with van der Waals surface area (Å²) in [5.74, 6) is 0.789. The molecule has 0 aromatic heterocycles. The Balaban J connectivity index is 3.82. The number of thioether (sulfide) groups is 1. The van der Waals surface area contributed by atoms with Gasteiger partial charge in [0, 0.05) is 6.42 Å². The van der Waals surface area contributed by atoms with E-state index in [4.69, 9.17) is 4.74 Å². The standard InChI is InChI=1S/C16H30F2O2S/c1-4-5-10-14(16(19)20-13(2)3)21-12-9-7-6-8-11-15(17)18/h13-15H,4-12H2,1-3H3. The normalized spacial score (nSPS) is 12.9. The molecule has 0 rings (SSSR count). The lowest BCUT2D eigenvalue weighted by atomic mass is 10.2. The Kier molecular flexibility index (Phi) is 13.1. The Morgan fingerprint density at radius 3 is 2.29 bits per heavy atom. The summed E-state index contributed by atoms with van der Waals surface area (Å²) in [5, 5.41) is -0.0755. The lowest BCUT2D eigenvalue weighted by Gasteiger charge is -2.17. The van der Waals surface area contributed by atoms with E-state index in [2.05, 4.69) is 6.92 Å². The van der Waals surface area contributed by atoms with E-state index in [1.54, 1.807) is 11.8 Å². The maximum atomic E-state index is 12.0. The number of carbonyl (C=O) groups excluding carboxylic acids is 1. The molecule has 0 heterocycles. The van der Waals surface area contributed by atoms with Gasteiger partial charge < -0.3 is 4.74 Å². The second kappa shape index (κ2) is 13.4. The Morgan fingerprint density at radius 1 is 1.05 bits per heavy atom. The van der Waals surface area contributed by atoms with E-state index in [-0.39, 0.29) is 23.7 Å². The molecule has 0 saturated carbocycles. The number of hydrogen-bond acceptors (Lipinski definition) is 3. The fraction of sp³-hybridized carbons (Fsp3) is 0.938. The van der Waals surface area contributed by atoms with Gasteiger partial charge in [0.15, 0.2) is 0 Å². The smallest absolute Gasteiger partial charge is 0.319 e. The Labute approximate surface area is 132 Å². The molecule has 0 saturated heterocycles. The first-order valence-corrected chi connectivity index (χ1v) is 9.12. The van der Waals surface area contributed by atoms with E-state index in [9.17, 15) is 13.6 Å². The van der Waals surface area contributed by atoms with Crippen LogP contribution < -0.4 is 0 Å². The third kappa shape index (κ3) is 13.1. The van der Waals surface area contributed by atoms with Gasteiger partial charge in [-0.3, -0.25) is 4.79 Å². The Morgan fingerprint density at radius 2 is 1.71 bits per heavy atom. The zero-order chi connectivity index (χ0) is 16.1. The monoisotopic (exact) mass is 324 g/mol. The Bertz CT molecular complexity index is 261. The van der Waals surface area contributed by atoms with Crippen LogP contribution in [0.3, 0.4) is 0 Å². The molecule has 0 aliphatic heterocycles. The summed E-state index contributed by atoms with van der Waals surface area (Å²) in [6.07, 6.45) is 4.09. The highest BCUT2D eigenvalue weighted by Crippen LogP contribution is 2.22. The zero-order valence-corrected chi connectivity index (χ0v) is 14.4. The fourth-order valence-corrected chi connectivity index (χ4v) is 3.13. The average molecular weight is 324 g/mol. The number of rotatable bonds is 13. The molecule has 0 aliphatic rings. The molecule has 1 unspecified atom stereocenters. The largest absolute Gasteiger partial charge is 0.462 e. The number of alkyl halides is 2. The van der Waals surface area contributed by atoms with Crippen LogP contribution in [-0.2, 0) is 9.53 Å². The highest BCUT2D eigenvalue weighted by Gasteiger charge is 2.20. The van der Waals surface area contributed by atoms with Gasteiger partial charge in [-0.15, -0.1) is 11.8 Å². The van der Waals surface area contributed by atoms with Crippen LogP contribution >= 0.6 is 11.8 Å². The SMILES string of the molecule is CCCCC(SCCCCCCC(F)F)C(=O)OC(C)C. The highest BCUT2D eigenvalue weighted by atomic mass is 32.2. The minimum absolute atomic E-state index is 0.00693. The molecule has 0 fully saturated rings. The van der Waals surface area contributed by atoms with Crippen LogP contribution in [0.15, 0.2) is 0 Å². The molecule has 1 atom stereocenters. The quantitative estimate of drug-likeness (QED) is 0.333. The number of carbonyl (C=O) groups is 1. The van der Waals surface area contributed by atoms with Crippen LogP contribution in [0, 0.1) is 0 Å². The van der Waals surface area contributed by atoms with Gasteiger partial charge in [-0.2, -0.15) is 0 Å². The minimum atomic E-state index is -2.18. The molecule has 5 heteroatoms. The predicted molar refractivity (Wildman–Crippen MR) is 86.1 cm³/mol. The molecule has 0 aromatic rings. The molecule has 0 aliphatic carbocycles. The van der Waals surface area contributed by atoms with Crippen molar-refractivity contribution in [1.29, 1.82) is 0 Å². The molecule has 0 aromatic carbocycles. The number of unbranched alkanes of at least 4 members (excludes halogenated alkanes) is 4. The van der Waals surface area contributed by atoms with Gasteiger partial charge in [-0.1, -0.05) is 32.6 Å². The maximum Gasteiger partial charge on any atom is 0.319 e. The second-order valence-corrected chi connectivity index (χ2v) is 6.89. The fourth-order valence-electron chi connectivity index (χ4n) is 1.95. The summed E-state index contributed by atoms with van der Waals surface area (Å²) in [6.45, 7) is 5.84. The first kappa shape index (κ1) is 20.7. The first-order chi connectivity index (χ1) is 9.97. The van der Waals surface area contributed by atoms with E-state index in [1.165, 1.54) is 0 Å². The molecule has 126 valence electrons. The van der Waals surface area contributed by atoms with Crippen LogP contribution in [0.1, 0.15) is 72.1 Å². The third-order valence-corrected chi connectivity index (χ3v) is 4.43. The van der Waals surface area contributed by atoms with Gasteiger partial charge >= 0.3 is 5.97 Å². The van der Waals surface area contributed by atoms with E-state index in [0.717, 1.165) is 44.3 Å². The van der Waals surface area contributed by atoms with Crippen molar-refractivity contribution in [3.63, 3.8) is 0 Å². The van der Waals surface area contributed by atoms with Crippen LogP contribution in [0.4, 0.5) is 8.78 Å². The van der Waals surface area contributed by atoms with E-state index in [1.807, 2.05) is 13.8 Å². The first-order valence-electron chi connectivity index (χ1n) is 8.07. The summed E-state index contributed by atoms with van der Waals surface area (Å²) in [6, 6.07) is 0. The predicted octanol–water partition coefficient (Wildman–Crippen LogP) is 5.45. The molecular weight excluding hydrogens is 294 g/mol. The van der Waals surface area contributed by atoms with Crippen LogP contribution in [0.25, 0.3) is 0 Å². The minimum Gasteiger partial charge on any atom is -0.462 e. The molecule has 0 radical (unpaired) electrons. The van der Waals surface area contributed by atoms with Gasteiger partial charge in [0.25, 0.3) is 0 Å².